The van der Waals surface area contributed by atoms with Gasteiger partial charge in [-0.2, -0.15) is 0 Å². The minimum absolute atomic E-state index is 0.210. The van der Waals surface area contributed by atoms with E-state index >= 15 is 0 Å². The van der Waals surface area contributed by atoms with E-state index in [9.17, 15) is 4.39 Å². The Bertz CT molecular complexity index is 570. The fourth-order valence-corrected chi connectivity index (χ4v) is 1.33. The molecule has 0 fully saturated rings. The van der Waals surface area contributed by atoms with Crippen LogP contribution in [0.15, 0.2) is 35.2 Å². The summed E-state index contributed by atoms with van der Waals surface area (Å²) >= 11 is 0. The lowest BCUT2D eigenvalue weighted by molar-refractivity contribution is 0.303. The molecule has 2 aromatic rings. The summed E-state index contributed by atoms with van der Waals surface area (Å²) in [6.07, 6.45) is 3.03. The minimum Gasteiger partial charge on any atom is -0.487 e. The molecule has 0 aliphatic heterocycles. The van der Waals surface area contributed by atoms with E-state index in [1.165, 1.54) is 24.5 Å². The maximum Gasteiger partial charge on any atom is 0.135 e. The summed E-state index contributed by atoms with van der Waals surface area (Å²) in [5, 5.41) is 3.56. The summed E-state index contributed by atoms with van der Waals surface area (Å²) in [4.78, 5) is 0. The molecule has 0 saturated carbocycles. The summed E-state index contributed by atoms with van der Waals surface area (Å²) in [6.45, 7) is 0.494. The van der Waals surface area contributed by atoms with Crippen LogP contribution in [0.5, 0.6) is 5.75 Å². The van der Waals surface area contributed by atoms with Crippen molar-refractivity contribution in [2.24, 2.45) is 5.73 Å². The van der Waals surface area contributed by atoms with E-state index in [0.717, 1.165) is 5.56 Å². The molecule has 0 bridgehead atoms. The smallest absolute Gasteiger partial charge is 0.135 e. The first-order valence-corrected chi connectivity index (χ1v) is 5.29. The summed E-state index contributed by atoms with van der Waals surface area (Å²) < 4.78 is 23.3. The van der Waals surface area contributed by atoms with Gasteiger partial charge in [-0.25, -0.2) is 4.39 Å². The molecule has 0 saturated heterocycles. The molecule has 0 radical (unpaired) electrons. The van der Waals surface area contributed by atoms with E-state index in [0.29, 0.717) is 11.3 Å². The molecular weight excluding hydrogens is 235 g/mol. The first-order chi connectivity index (χ1) is 8.79. The number of ether oxygens (including phenoxy) is 1. The van der Waals surface area contributed by atoms with Crippen LogP contribution >= 0.6 is 0 Å². The van der Waals surface area contributed by atoms with Crippen LogP contribution in [0, 0.1) is 17.7 Å². The molecule has 0 spiro atoms. The third-order valence-electron chi connectivity index (χ3n) is 2.14. The van der Waals surface area contributed by atoms with E-state index in [1.54, 1.807) is 6.20 Å². The highest BCUT2D eigenvalue weighted by Gasteiger charge is 2.04. The van der Waals surface area contributed by atoms with Gasteiger partial charge in [0.05, 0.1) is 18.3 Å². The van der Waals surface area contributed by atoms with Gasteiger partial charge in [0.25, 0.3) is 0 Å². The van der Waals surface area contributed by atoms with E-state index in [4.69, 9.17) is 10.5 Å². The second-order valence-electron chi connectivity index (χ2n) is 3.47. The predicted molar refractivity (Wildman–Crippen MR) is 63.2 cm³/mol. The summed E-state index contributed by atoms with van der Waals surface area (Å²) in [6, 6.07) is 4.16. The topological polar surface area (TPSA) is 61.3 Å². The van der Waals surface area contributed by atoms with E-state index < -0.39 is 0 Å². The van der Waals surface area contributed by atoms with Crippen molar-refractivity contribution in [3.05, 3.63) is 47.6 Å². The molecule has 1 aromatic heterocycles. The second-order valence-corrected chi connectivity index (χ2v) is 3.47. The molecule has 4 nitrogen and oxygen atoms in total. The first kappa shape index (κ1) is 12.1. The van der Waals surface area contributed by atoms with E-state index in [1.807, 2.05) is 0 Å². The third kappa shape index (κ3) is 3.09. The molecule has 0 atom stereocenters. The molecular formula is C13H11FN2O2. The zero-order valence-electron chi connectivity index (χ0n) is 9.52. The average molecular weight is 246 g/mol. The number of rotatable bonds is 3. The third-order valence-corrected chi connectivity index (χ3v) is 2.14. The van der Waals surface area contributed by atoms with Crippen LogP contribution < -0.4 is 10.5 Å². The molecule has 0 aliphatic carbocycles. The van der Waals surface area contributed by atoms with E-state index in [-0.39, 0.29) is 19.0 Å². The van der Waals surface area contributed by atoms with Gasteiger partial charge in [-0.3, -0.25) is 0 Å². The van der Waals surface area contributed by atoms with Gasteiger partial charge in [0.2, 0.25) is 0 Å². The van der Waals surface area contributed by atoms with Gasteiger partial charge in [0.1, 0.15) is 24.4 Å². The standard InChI is InChI=1S/C13H11FN2O2/c14-12-3-4-13(11(6-12)2-1-5-15)17-8-10-7-16-18-9-10/h3-4,6-7,9H,5,8,15H2. The number of hydrogen-bond donors (Lipinski definition) is 1. The molecule has 0 unspecified atom stereocenters. The molecule has 92 valence electrons. The highest BCUT2D eigenvalue weighted by molar-refractivity contribution is 5.46. The number of hydrogen-bond acceptors (Lipinski definition) is 4. The van der Waals surface area contributed by atoms with Gasteiger partial charge in [-0.05, 0) is 18.2 Å². The van der Waals surface area contributed by atoms with Crippen molar-refractivity contribution < 1.29 is 13.7 Å². The maximum absolute atomic E-state index is 13.1. The van der Waals surface area contributed by atoms with Crippen LogP contribution in [0.3, 0.4) is 0 Å². The highest BCUT2D eigenvalue weighted by atomic mass is 19.1. The highest BCUT2D eigenvalue weighted by Crippen LogP contribution is 2.20. The van der Waals surface area contributed by atoms with Crippen LogP contribution in [0.4, 0.5) is 4.39 Å². The van der Waals surface area contributed by atoms with Crippen molar-refractivity contribution in [2.75, 3.05) is 6.54 Å². The van der Waals surface area contributed by atoms with Gasteiger partial charge < -0.3 is 15.0 Å². The Morgan fingerprint density at radius 3 is 3.06 bits per heavy atom. The largest absolute Gasteiger partial charge is 0.487 e. The Kier molecular flexibility index (Phi) is 3.94. The van der Waals surface area contributed by atoms with Crippen molar-refractivity contribution in [1.29, 1.82) is 0 Å². The zero-order chi connectivity index (χ0) is 12.8. The lowest BCUT2D eigenvalue weighted by Crippen LogP contribution is -1.97. The van der Waals surface area contributed by atoms with Crippen LogP contribution in [0.2, 0.25) is 0 Å². The second kappa shape index (κ2) is 5.84. The molecule has 2 rings (SSSR count). The number of halogens is 1. The minimum atomic E-state index is -0.367. The van der Waals surface area contributed by atoms with Gasteiger partial charge in [0.15, 0.2) is 0 Å². The quantitative estimate of drug-likeness (QED) is 0.837. The van der Waals surface area contributed by atoms with E-state index in [2.05, 4.69) is 21.5 Å². The number of nitrogens with zero attached hydrogens (tertiary/aromatic N) is 1. The van der Waals surface area contributed by atoms with Gasteiger partial charge in [0, 0.05) is 5.56 Å². The van der Waals surface area contributed by atoms with Gasteiger partial charge >= 0.3 is 0 Å². The van der Waals surface area contributed by atoms with Crippen LogP contribution in [-0.2, 0) is 6.61 Å². The van der Waals surface area contributed by atoms with Crippen LogP contribution in [0.1, 0.15) is 11.1 Å². The predicted octanol–water partition coefficient (Wildman–Crippen LogP) is 1.70. The molecule has 18 heavy (non-hydrogen) atoms. The molecule has 0 amide bonds. The molecule has 1 heterocycles. The Hall–Kier alpha value is -2.32. The van der Waals surface area contributed by atoms with Gasteiger partial charge in [-0.15, -0.1) is 0 Å². The van der Waals surface area contributed by atoms with Crippen molar-refractivity contribution in [3.8, 4) is 17.6 Å². The number of nitrogens with two attached hydrogens (primary N) is 1. The maximum atomic E-state index is 13.1. The van der Waals surface area contributed by atoms with Crippen molar-refractivity contribution in [2.45, 2.75) is 6.61 Å². The Morgan fingerprint density at radius 1 is 1.44 bits per heavy atom. The lowest BCUT2D eigenvalue weighted by Gasteiger charge is -2.06. The number of benzene rings is 1. The normalized spacial score (nSPS) is 9.67. The SMILES string of the molecule is NCC#Cc1cc(F)ccc1OCc1cnoc1. The zero-order valence-corrected chi connectivity index (χ0v) is 9.52. The van der Waals surface area contributed by atoms with Crippen molar-refractivity contribution in [3.63, 3.8) is 0 Å². The van der Waals surface area contributed by atoms with Crippen LogP contribution in [-0.4, -0.2) is 11.7 Å². The Morgan fingerprint density at radius 2 is 2.33 bits per heavy atom. The van der Waals surface area contributed by atoms with Crippen LogP contribution in [0.25, 0.3) is 0 Å². The molecule has 0 aliphatic rings. The summed E-state index contributed by atoms with van der Waals surface area (Å²) in [7, 11) is 0. The monoisotopic (exact) mass is 246 g/mol. The lowest BCUT2D eigenvalue weighted by atomic mass is 10.2. The first-order valence-electron chi connectivity index (χ1n) is 5.29. The van der Waals surface area contributed by atoms with Crippen molar-refractivity contribution in [1.82, 2.24) is 5.16 Å². The fourth-order valence-electron chi connectivity index (χ4n) is 1.33. The average Bonchev–Trinajstić information content (AvgIpc) is 2.88. The summed E-state index contributed by atoms with van der Waals surface area (Å²) in [5.74, 6) is 5.56. The Labute approximate surface area is 104 Å². The molecule has 5 heteroatoms. The number of aromatic nitrogens is 1. The fraction of sp³-hybridized carbons (Fsp3) is 0.154. The molecule has 2 N–H and O–H groups in total. The van der Waals surface area contributed by atoms with Gasteiger partial charge in [-0.1, -0.05) is 17.0 Å². The summed E-state index contributed by atoms with van der Waals surface area (Å²) in [5.41, 5.74) is 6.55. The molecule has 1 aromatic carbocycles. The van der Waals surface area contributed by atoms with Crippen molar-refractivity contribution >= 4 is 0 Å². The Balaban J connectivity index is 2.16.